The fourth-order valence-corrected chi connectivity index (χ4v) is 5.57. The maximum absolute atomic E-state index is 13.2. The van der Waals surface area contributed by atoms with E-state index in [4.69, 9.17) is 32.7 Å². The summed E-state index contributed by atoms with van der Waals surface area (Å²) in [5, 5.41) is 5.08. The summed E-state index contributed by atoms with van der Waals surface area (Å²) in [5.74, 6) is -0.980. The molecular formula is C23H26Cl2N2O4. The zero-order valence-corrected chi connectivity index (χ0v) is 19.2. The van der Waals surface area contributed by atoms with Gasteiger partial charge in [-0.1, -0.05) is 42.1 Å². The molecule has 2 fully saturated rings. The standard InChI is InChI=1S/C23H26Cl2N2O4/c1-27-13-17(25)21(26-27)20-18(28)12-23(31-22(20)29,15-5-3-4-6-15)10-9-14-7-8-19(30-2)16(24)11-14/h7-8,11,13,15,20H,3-6,9-10,12H2,1-2H3. The van der Waals surface area contributed by atoms with Crippen LogP contribution >= 0.6 is 23.2 Å². The van der Waals surface area contributed by atoms with Crippen LogP contribution in [0.25, 0.3) is 0 Å². The predicted molar refractivity (Wildman–Crippen MR) is 118 cm³/mol. The number of Topliss-reactive ketones (excluding diaryl/α,β-unsaturated/α-hetero) is 1. The van der Waals surface area contributed by atoms with Crippen molar-refractivity contribution in [3.63, 3.8) is 0 Å². The van der Waals surface area contributed by atoms with E-state index in [1.54, 1.807) is 20.4 Å². The van der Waals surface area contributed by atoms with Crippen LogP contribution in [0.15, 0.2) is 24.4 Å². The van der Waals surface area contributed by atoms with E-state index in [1.807, 2.05) is 18.2 Å². The highest BCUT2D eigenvalue weighted by molar-refractivity contribution is 6.32. The van der Waals surface area contributed by atoms with Gasteiger partial charge in [-0.2, -0.15) is 5.10 Å². The van der Waals surface area contributed by atoms with Gasteiger partial charge >= 0.3 is 5.97 Å². The number of halogens is 2. The second kappa shape index (κ2) is 8.83. The Morgan fingerprint density at radius 2 is 1.97 bits per heavy atom. The number of methoxy groups -OCH3 is 1. The number of hydrogen-bond acceptors (Lipinski definition) is 5. The minimum absolute atomic E-state index is 0.170. The molecule has 6 nitrogen and oxygen atoms in total. The molecule has 2 atom stereocenters. The number of hydrogen-bond donors (Lipinski definition) is 0. The Hall–Kier alpha value is -2.05. The molecule has 8 heteroatoms. The van der Waals surface area contributed by atoms with Gasteiger partial charge in [0.25, 0.3) is 0 Å². The highest BCUT2D eigenvalue weighted by atomic mass is 35.5. The Labute approximate surface area is 191 Å². The molecule has 2 aliphatic rings. The quantitative estimate of drug-likeness (QED) is 0.449. The first-order valence-electron chi connectivity index (χ1n) is 10.6. The lowest BCUT2D eigenvalue weighted by atomic mass is 9.74. The largest absolute Gasteiger partial charge is 0.495 e. The van der Waals surface area contributed by atoms with Crippen molar-refractivity contribution in [2.45, 2.75) is 56.5 Å². The summed E-state index contributed by atoms with van der Waals surface area (Å²) >= 11 is 12.5. The topological polar surface area (TPSA) is 70.4 Å². The second-order valence-electron chi connectivity index (χ2n) is 8.55. The van der Waals surface area contributed by atoms with Crippen LogP contribution in [0.1, 0.15) is 55.7 Å². The summed E-state index contributed by atoms with van der Waals surface area (Å²) in [5.41, 5.74) is 0.497. The molecule has 1 saturated heterocycles. The Bertz CT molecular complexity index is 979. The van der Waals surface area contributed by atoms with Gasteiger partial charge in [-0.15, -0.1) is 0 Å². The van der Waals surface area contributed by atoms with Crippen LogP contribution < -0.4 is 4.74 Å². The van der Waals surface area contributed by atoms with Gasteiger partial charge in [0.2, 0.25) is 0 Å². The Morgan fingerprint density at radius 3 is 2.55 bits per heavy atom. The van der Waals surface area contributed by atoms with Crippen molar-refractivity contribution in [2.75, 3.05) is 7.11 Å². The zero-order valence-electron chi connectivity index (χ0n) is 17.7. The van der Waals surface area contributed by atoms with Gasteiger partial charge in [-0.05, 0) is 49.3 Å². The van der Waals surface area contributed by atoms with Crippen molar-refractivity contribution in [3.8, 4) is 5.75 Å². The Kier molecular flexibility index (Phi) is 6.31. The molecule has 0 radical (unpaired) electrons. The number of nitrogens with zero attached hydrogens (tertiary/aromatic N) is 2. The summed E-state index contributed by atoms with van der Waals surface area (Å²) in [4.78, 5) is 26.3. The van der Waals surface area contributed by atoms with E-state index in [9.17, 15) is 9.59 Å². The molecule has 2 heterocycles. The van der Waals surface area contributed by atoms with Crippen molar-refractivity contribution < 1.29 is 19.1 Å². The molecule has 4 rings (SSSR count). The molecule has 0 bridgehead atoms. The number of aromatic nitrogens is 2. The summed E-state index contributed by atoms with van der Waals surface area (Å²) in [6.07, 6.45) is 7.08. The van der Waals surface area contributed by atoms with Gasteiger partial charge < -0.3 is 9.47 Å². The third kappa shape index (κ3) is 4.33. The van der Waals surface area contributed by atoms with E-state index in [2.05, 4.69) is 5.10 Å². The van der Waals surface area contributed by atoms with Crippen molar-refractivity contribution >= 4 is 35.0 Å². The SMILES string of the molecule is COc1ccc(CCC2(C3CCCC3)CC(=O)C(c3nn(C)cc3Cl)C(=O)O2)cc1Cl. The number of aryl methyl sites for hydroxylation is 2. The van der Waals surface area contributed by atoms with Gasteiger partial charge in [-0.3, -0.25) is 14.3 Å². The fourth-order valence-electron chi connectivity index (χ4n) is 5.00. The van der Waals surface area contributed by atoms with E-state index in [-0.39, 0.29) is 23.8 Å². The monoisotopic (exact) mass is 464 g/mol. The second-order valence-corrected chi connectivity index (χ2v) is 9.36. The molecule has 1 saturated carbocycles. The average Bonchev–Trinajstić information content (AvgIpc) is 3.36. The predicted octanol–water partition coefficient (Wildman–Crippen LogP) is 4.90. The third-order valence-corrected chi connectivity index (χ3v) is 7.16. The smallest absolute Gasteiger partial charge is 0.323 e. The maximum atomic E-state index is 13.2. The van der Waals surface area contributed by atoms with Crippen LogP contribution in [0.2, 0.25) is 10.0 Å². The summed E-state index contributed by atoms with van der Waals surface area (Å²) < 4.78 is 12.9. The molecule has 0 amide bonds. The number of carbonyl (C=O) groups excluding carboxylic acids is 2. The molecule has 166 valence electrons. The van der Waals surface area contributed by atoms with Crippen LogP contribution in [0.4, 0.5) is 0 Å². The average molecular weight is 465 g/mol. The first kappa shape index (κ1) is 22.2. The lowest BCUT2D eigenvalue weighted by molar-refractivity contribution is -0.181. The lowest BCUT2D eigenvalue weighted by Crippen LogP contribution is -2.51. The van der Waals surface area contributed by atoms with Gasteiger partial charge in [0, 0.05) is 19.7 Å². The molecular weight excluding hydrogens is 439 g/mol. The highest BCUT2D eigenvalue weighted by Crippen LogP contribution is 2.46. The normalized spacial score (nSPS) is 24.5. The molecule has 2 aromatic rings. The van der Waals surface area contributed by atoms with Gasteiger partial charge in [-0.25, -0.2) is 0 Å². The number of ether oxygens (including phenoxy) is 2. The summed E-state index contributed by atoms with van der Waals surface area (Å²) in [7, 11) is 3.28. The van der Waals surface area contributed by atoms with Crippen LogP contribution in [0.3, 0.4) is 0 Å². The zero-order chi connectivity index (χ0) is 22.2. The van der Waals surface area contributed by atoms with E-state index >= 15 is 0 Å². The van der Waals surface area contributed by atoms with Crippen LogP contribution in [0, 0.1) is 5.92 Å². The van der Waals surface area contributed by atoms with Crippen LogP contribution in [-0.2, 0) is 27.8 Å². The van der Waals surface area contributed by atoms with Crippen LogP contribution in [-0.4, -0.2) is 34.2 Å². The van der Waals surface area contributed by atoms with Crippen molar-refractivity contribution in [3.05, 3.63) is 45.7 Å². The van der Waals surface area contributed by atoms with Crippen molar-refractivity contribution in [2.24, 2.45) is 13.0 Å². The molecule has 0 N–H and O–H groups in total. The molecule has 2 unspecified atom stereocenters. The van der Waals surface area contributed by atoms with E-state index < -0.39 is 17.5 Å². The lowest BCUT2D eigenvalue weighted by Gasteiger charge is -2.42. The van der Waals surface area contributed by atoms with Crippen LogP contribution in [0.5, 0.6) is 5.75 Å². The first-order valence-corrected chi connectivity index (χ1v) is 11.4. The number of rotatable bonds is 6. The first-order chi connectivity index (χ1) is 14.8. The molecule has 1 aliphatic carbocycles. The van der Waals surface area contributed by atoms with E-state index in [0.29, 0.717) is 28.6 Å². The number of ketones is 1. The molecule has 1 aliphatic heterocycles. The van der Waals surface area contributed by atoms with Gasteiger partial charge in [0.1, 0.15) is 17.0 Å². The number of esters is 1. The number of cyclic esters (lactones) is 1. The highest BCUT2D eigenvalue weighted by Gasteiger charge is 2.52. The maximum Gasteiger partial charge on any atom is 0.323 e. The van der Waals surface area contributed by atoms with E-state index in [1.165, 1.54) is 4.68 Å². The molecule has 1 aromatic heterocycles. The van der Waals surface area contributed by atoms with E-state index in [0.717, 1.165) is 31.2 Å². The Morgan fingerprint density at radius 1 is 1.23 bits per heavy atom. The molecule has 31 heavy (non-hydrogen) atoms. The molecule has 1 aromatic carbocycles. The van der Waals surface area contributed by atoms with Crippen molar-refractivity contribution in [1.82, 2.24) is 9.78 Å². The number of carbonyl (C=O) groups is 2. The summed E-state index contributed by atoms with van der Waals surface area (Å²) in [6.45, 7) is 0. The Balaban J connectivity index is 1.58. The third-order valence-electron chi connectivity index (χ3n) is 6.57. The summed E-state index contributed by atoms with van der Waals surface area (Å²) in [6, 6.07) is 5.65. The van der Waals surface area contributed by atoms with Crippen molar-refractivity contribution in [1.29, 1.82) is 0 Å². The fraction of sp³-hybridized carbons (Fsp3) is 0.522. The van der Waals surface area contributed by atoms with Gasteiger partial charge in [0.15, 0.2) is 11.7 Å². The number of benzene rings is 1. The van der Waals surface area contributed by atoms with Gasteiger partial charge in [0.05, 0.1) is 17.2 Å². The minimum Gasteiger partial charge on any atom is -0.495 e. The molecule has 0 spiro atoms. The minimum atomic E-state index is -1.06.